The summed E-state index contributed by atoms with van der Waals surface area (Å²) in [6.07, 6.45) is 0.520. The molecule has 0 saturated carbocycles. The lowest BCUT2D eigenvalue weighted by atomic mass is 10.1. The van der Waals surface area contributed by atoms with Crippen molar-refractivity contribution in [3.05, 3.63) is 63.1 Å². The van der Waals surface area contributed by atoms with Gasteiger partial charge in [0.1, 0.15) is 11.8 Å². The normalized spacial score (nSPS) is 11.9. The Hall–Kier alpha value is -2.34. The first-order valence-electron chi connectivity index (χ1n) is 10.7. The molecule has 0 spiro atoms. The van der Waals surface area contributed by atoms with Crippen LogP contribution in [0.15, 0.2) is 40.9 Å². The minimum atomic E-state index is -0.563. The first-order valence-corrected chi connectivity index (χ1v) is 11.5. The zero-order valence-corrected chi connectivity index (χ0v) is 20.9. The average Bonchev–Trinajstić information content (AvgIpc) is 2.69. The lowest BCUT2D eigenvalue weighted by Gasteiger charge is -2.31. The fraction of sp³-hybridized carbons (Fsp3) is 0.440. The highest BCUT2D eigenvalue weighted by Crippen LogP contribution is 2.26. The standard InChI is InChI=1S/C25H33BrN2O3/c1-7-22(25(30)27-16(2)3)28(14-20-10-8-9-17(4)11-20)23(29)15-31-21-12-18(5)24(26)19(6)13-21/h8-13,16,22H,7,14-15H2,1-6H3,(H,27,30). The summed E-state index contributed by atoms with van der Waals surface area (Å²) >= 11 is 3.55. The number of nitrogens with one attached hydrogen (secondary N) is 1. The molecule has 2 aromatic rings. The highest BCUT2D eigenvalue weighted by Gasteiger charge is 2.29. The van der Waals surface area contributed by atoms with Crippen LogP contribution in [-0.2, 0) is 16.1 Å². The Labute approximate surface area is 194 Å². The Morgan fingerprint density at radius 3 is 2.29 bits per heavy atom. The number of nitrogens with zero attached hydrogens (tertiary/aromatic N) is 1. The molecule has 0 fully saturated rings. The molecule has 0 heterocycles. The first kappa shape index (κ1) is 24.9. The van der Waals surface area contributed by atoms with Gasteiger partial charge >= 0.3 is 0 Å². The number of hydrogen-bond donors (Lipinski definition) is 1. The summed E-state index contributed by atoms with van der Waals surface area (Å²) < 4.78 is 6.87. The molecule has 0 aliphatic carbocycles. The van der Waals surface area contributed by atoms with Crippen LogP contribution in [0.2, 0.25) is 0 Å². The molecule has 6 heteroatoms. The maximum absolute atomic E-state index is 13.2. The van der Waals surface area contributed by atoms with Gasteiger partial charge in [0, 0.05) is 17.1 Å². The molecule has 168 valence electrons. The summed E-state index contributed by atoms with van der Waals surface area (Å²) in [5.74, 6) is 0.279. The third-order valence-corrected chi connectivity index (χ3v) is 6.28. The van der Waals surface area contributed by atoms with Gasteiger partial charge in [0.15, 0.2) is 6.61 Å². The molecule has 5 nitrogen and oxygen atoms in total. The van der Waals surface area contributed by atoms with E-state index in [0.29, 0.717) is 18.7 Å². The Balaban J connectivity index is 2.25. The van der Waals surface area contributed by atoms with E-state index in [2.05, 4.69) is 21.2 Å². The van der Waals surface area contributed by atoms with E-state index in [1.54, 1.807) is 4.90 Å². The van der Waals surface area contributed by atoms with Crippen molar-refractivity contribution in [2.24, 2.45) is 0 Å². The molecule has 2 rings (SSSR count). The van der Waals surface area contributed by atoms with E-state index < -0.39 is 6.04 Å². The molecular weight excluding hydrogens is 456 g/mol. The number of carbonyl (C=O) groups is 2. The predicted octanol–water partition coefficient (Wildman–Crippen LogP) is 5.09. The molecule has 2 amide bonds. The summed E-state index contributed by atoms with van der Waals surface area (Å²) in [6.45, 7) is 12.0. The van der Waals surface area contributed by atoms with Crippen LogP contribution in [0.3, 0.4) is 0 Å². The third kappa shape index (κ3) is 7.10. The molecule has 0 aromatic heterocycles. The summed E-state index contributed by atoms with van der Waals surface area (Å²) in [6, 6.07) is 11.2. The molecule has 0 aliphatic rings. The number of halogens is 1. The number of amides is 2. The van der Waals surface area contributed by atoms with Gasteiger partial charge in [0.05, 0.1) is 0 Å². The van der Waals surface area contributed by atoms with Gasteiger partial charge in [-0.2, -0.15) is 0 Å². The van der Waals surface area contributed by atoms with Crippen molar-refractivity contribution in [2.75, 3.05) is 6.61 Å². The van der Waals surface area contributed by atoms with Crippen molar-refractivity contribution in [1.29, 1.82) is 0 Å². The summed E-state index contributed by atoms with van der Waals surface area (Å²) in [4.78, 5) is 27.7. The van der Waals surface area contributed by atoms with Crippen molar-refractivity contribution >= 4 is 27.7 Å². The number of rotatable bonds is 9. The topological polar surface area (TPSA) is 58.6 Å². The number of hydrogen-bond acceptors (Lipinski definition) is 3. The molecule has 0 saturated heterocycles. The van der Waals surface area contributed by atoms with Gasteiger partial charge in [-0.1, -0.05) is 52.7 Å². The first-order chi connectivity index (χ1) is 14.6. The van der Waals surface area contributed by atoms with Crippen molar-refractivity contribution in [2.45, 2.75) is 66.6 Å². The fourth-order valence-electron chi connectivity index (χ4n) is 3.52. The smallest absolute Gasteiger partial charge is 0.261 e. The van der Waals surface area contributed by atoms with Gasteiger partial charge in [-0.3, -0.25) is 9.59 Å². The molecule has 0 radical (unpaired) electrons. The Morgan fingerprint density at radius 1 is 1.10 bits per heavy atom. The van der Waals surface area contributed by atoms with E-state index in [9.17, 15) is 9.59 Å². The number of carbonyl (C=O) groups excluding carboxylic acids is 2. The second-order valence-corrected chi connectivity index (χ2v) is 9.05. The van der Waals surface area contributed by atoms with Crippen molar-refractivity contribution in [1.82, 2.24) is 10.2 Å². The third-order valence-electron chi connectivity index (χ3n) is 5.02. The van der Waals surface area contributed by atoms with Gasteiger partial charge in [-0.15, -0.1) is 0 Å². The SMILES string of the molecule is CCC(C(=O)NC(C)C)N(Cc1cccc(C)c1)C(=O)COc1cc(C)c(Br)c(C)c1. The Morgan fingerprint density at radius 2 is 1.74 bits per heavy atom. The minimum absolute atomic E-state index is 0.00226. The van der Waals surface area contributed by atoms with E-state index in [4.69, 9.17) is 4.74 Å². The minimum Gasteiger partial charge on any atom is -0.484 e. The van der Waals surface area contributed by atoms with Gasteiger partial charge in [-0.05, 0) is 69.9 Å². The number of ether oxygens (including phenoxy) is 1. The second-order valence-electron chi connectivity index (χ2n) is 8.26. The van der Waals surface area contributed by atoms with Crippen LogP contribution in [0.5, 0.6) is 5.75 Å². The fourth-order valence-corrected chi connectivity index (χ4v) is 3.75. The van der Waals surface area contributed by atoms with Crippen LogP contribution >= 0.6 is 15.9 Å². The second kappa shape index (κ2) is 11.3. The van der Waals surface area contributed by atoms with Crippen LogP contribution in [0.25, 0.3) is 0 Å². The molecule has 1 N–H and O–H groups in total. The monoisotopic (exact) mass is 488 g/mol. The lowest BCUT2D eigenvalue weighted by molar-refractivity contribution is -0.143. The maximum atomic E-state index is 13.2. The van der Waals surface area contributed by atoms with E-state index in [1.807, 2.05) is 77.9 Å². The number of benzene rings is 2. The number of aryl methyl sites for hydroxylation is 3. The van der Waals surface area contributed by atoms with Crippen LogP contribution < -0.4 is 10.1 Å². The van der Waals surface area contributed by atoms with Gasteiger partial charge in [0.25, 0.3) is 5.91 Å². The van der Waals surface area contributed by atoms with Crippen LogP contribution in [0, 0.1) is 20.8 Å². The van der Waals surface area contributed by atoms with Gasteiger partial charge < -0.3 is 15.0 Å². The molecule has 1 unspecified atom stereocenters. The van der Waals surface area contributed by atoms with Crippen LogP contribution in [0.4, 0.5) is 0 Å². The van der Waals surface area contributed by atoms with Crippen molar-refractivity contribution < 1.29 is 14.3 Å². The Bertz CT molecular complexity index is 904. The lowest BCUT2D eigenvalue weighted by Crippen LogP contribution is -2.51. The van der Waals surface area contributed by atoms with Crippen molar-refractivity contribution in [3.63, 3.8) is 0 Å². The molecule has 0 bridgehead atoms. The molecule has 1 atom stereocenters. The predicted molar refractivity (Wildman–Crippen MR) is 128 cm³/mol. The molecule has 2 aromatic carbocycles. The zero-order valence-electron chi connectivity index (χ0n) is 19.3. The summed E-state index contributed by atoms with van der Waals surface area (Å²) in [5, 5.41) is 2.94. The van der Waals surface area contributed by atoms with E-state index in [0.717, 1.165) is 26.7 Å². The van der Waals surface area contributed by atoms with E-state index in [1.165, 1.54) is 0 Å². The average molecular weight is 489 g/mol. The molecule has 0 aliphatic heterocycles. The quantitative estimate of drug-likeness (QED) is 0.534. The highest BCUT2D eigenvalue weighted by molar-refractivity contribution is 9.10. The highest BCUT2D eigenvalue weighted by atomic mass is 79.9. The maximum Gasteiger partial charge on any atom is 0.261 e. The van der Waals surface area contributed by atoms with Gasteiger partial charge in [0.2, 0.25) is 5.91 Å². The largest absolute Gasteiger partial charge is 0.484 e. The van der Waals surface area contributed by atoms with Crippen LogP contribution in [0.1, 0.15) is 49.4 Å². The van der Waals surface area contributed by atoms with Gasteiger partial charge in [-0.25, -0.2) is 0 Å². The van der Waals surface area contributed by atoms with E-state index >= 15 is 0 Å². The molecular formula is C25H33BrN2O3. The van der Waals surface area contributed by atoms with Crippen LogP contribution in [-0.4, -0.2) is 35.4 Å². The van der Waals surface area contributed by atoms with E-state index in [-0.39, 0.29) is 24.5 Å². The van der Waals surface area contributed by atoms with Crippen molar-refractivity contribution in [3.8, 4) is 5.75 Å². The molecule has 31 heavy (non-hydrogen) atoms. The summed E-state index contributed by atoms with van der Waals surface area (Å²) in [5.41, 5.74) is 4.18. The summed E-state index contributed by atoms with van der Waals surface area (Å²) in [7, 11) is 0. The Kier molecular flexibility index (Phi) is 9.11. The zero-order chi connectivity index (χ0) is 23.1.